The van der Waals surface area contributed by atoms with E-state index in [2.05, 4.69) is 15.9 Å². The number of para-hydroxylation sites is 3. The molecule has 0 aromatic heterocycles. The number of carbonyl (C=O) groups excluding carboxylic acids is 3. The first kappa shape index (κ1) is 35.8. The number of fused-ring (bicyclic) bond motifs is 3. The summed E-state index contributed by atoms with van der Waals surface area (Å²) in [5, 5.41) is 21.8. The van der Waals surface area contributed by atoms with Gasteiger partial charge in [-0.15, -0.1) is 0 Å². The number of hydrogen-bond acceptors (Lipinski definition) is 6. The van der Waals surface area contributed by atoms with Crippen LogP contribution in [0.2, 0.25) is 0 Å². The summed E-state index contributed by atoms with van der Waals surface area (Å²) in [5.41, 5.74) is 2.61. The average Bonchev–Trinajstić information content (AvgIpc) is 3.29. The van der Waals surface area contributed by atoms with E-state index in [9.17, 15) is 24.6 Å². The largest absolute Gasteiger partial charge is 0.454 e. The third-order valence-electron chi connectivity index (χ3n) is 9.73. The van der Waals surface area contributed by atoms with Crippen LogP contribution >= 0.6 is 15.9 Å². The van der Waals surface area contributed by atoms with E-state index in [1.54, 1.807) is 58.0 Å². The predicted octanol–water partition coefficient (Wildman–Crippen LogP) is 7.87. The summed E-state index contributed by atoms with van der Waals surface area (Å²) in [6.45, 7) is 2.34. The quantitative estimate of drug-likeness (QED) is 0.132. The number of carbonyl (C=O) groups is 3. The van der Waals surface area contributed by atoms with Gasteiger partial charge in [0, 0.05) is 41.2 Å². The molecule has 2 N–H and O–H groups in total. The van der Waals surface area contributed by atoms with Crippen molar-refractivity contribution >= 4 is 50.7 Å². The monoisotopic (exact) mass is 771 g/mol. The molecular formula is C43H38BrN3O6. The molecule has 0 saturated heterocycles. The third-order valence-corrected chi connectivity index (χ3v) is 10.2. The Labute approximate surface area is 316 Å². The molecule has 7 rings (SSSR count). The molecule has 53 heavy (non-hydrogen) atoms. The van der Waals surface area contributed by atoms with Gasteiger partial charge in [-0.25, -0.2) is 0 Å². The van der Waals surface area contributed by atoms with Crippen molar-refractivity contribution in [1.29, 1.82) is 0 Å². The Hall–Kier alpha value is -5.55. The average molecular weight is 773 g/mol. The molecule has 2 aliphatic heterocycles. The summed E-state index contributed by atoms with van der Waals surface area (Å²) in [6, 6.07) is 36.9. The first-order valence-electron chi connectivity index (χ1n) is 17.4. The van der Waals surface area contributed by atoms with Crippen molar-refractivity contribution in [3.63, 3.8) is 0 Å². The van der Waals surface area contributed by atoms with Crippen molar-refractivity contribution in [1.82, 2.24) is 4.90 Å². The number of anilines is 3. The van der Waals surface area contributed by atoms with Gasteiger partial charge in [-0.05, 0) is 65.7 Å². The van der Waals surface area contributed by atoms with Gasteiger partial charge in [0.2, 0.25) is 5.91 Å². The standard InChI is InChI=1S/C43H38BrN3O6/c1-29(10-9-17-40(49)45(24-25-48)27-30-11-3-2-4-12-30)43(52)35-26-32(44)20-23-36(35)46(42(43)51)28-31-18-21-33(22-19-31)47-37-14-6-8-16-39(37)53-38-15-7-5-13-34(38)41(47)50/h2-16,18-23,26,29,48,52H,17,24-25,27-28H2,1H3/b10-9+/t29-,43+/m0/s1. The molecule has 2 atom stereocenters. The number of halogens is 1. The van der Waals surface area contributed by atoms with Crippen LogP contribution < -0.4 is 14.5 Å². The van der Waals surface area contributed by atoms with Crippen LogP contribution in [0.1, 0.15) is 40.4 Å². The first-order valence-corrected chi connectivity index (χ1v) is 18.2. The molecule has 268 valence electrons. The number of rotatable bonds is 11. The number of ether oxygens (including phenoxy) is 1. The smallest absolute Gasteiger partial charge is 0.266 e. The van der Waals surface area contributed by atoms with Gasteiger partial charge in [-0.1, -0.05) is 102 Å². The fourth-order valence-corrected chi connectivity index (χ4v) is 7.29. The van der Waals surface area contributed by atoms with Crippen LogP contribution in [-0.4, -0.2) is 46.0 Å². The molecule has 0 saturated carbocycles. The Morgan fingerprint density at radius 2 is 1.57 bits per heavy atom. The Bertz CT molecular complexity index is 2190. The van der Waals surface area contributed by atoms with Crippen LogP contribution in [0.15, 0.2) is 138 Å². The Balaban J connectivity index is 1.10. The minimum atomic E-state index is -1.89. The maximum atomic E-state index is 14.2. The van der Waals surface area contributed by atoms with Crippen molar-refractivity contribution in [2.45, 2.75) is 32.0 Å². The summed E-state index contributed by atoms with van der Waals surface area (Å²) >= 11 is 3.51. The van der Waals surface area contributed by atoms with Crippen LogP contribution in [0.3, 0.4) is 0 Å². The second-order valence-electron chi connectivity index (χ2n) is 13.1. The molecule has 0 unspecified atom stereocenters. The van der Waals surface area contributed by atoms with E-state index in [4.69, 9.17) is 4.74 Å². The van der Waals surface area contributed by atoms with Crippen molar-refractivity contribution in [3.05, 3.63) is 160 Å². The lowest BCUT2D eigenvalue weighted by Gasteiger charge is -2.28. The lowest BCUT2D eigenvalue weighted by Crippen LogP contribution is -2.44. The zero-order chi connectivity index (χ0) is 37.1. The topological polar surface area (TPSA) is 111 Å². The molecular weight excluding hydrogens is 734 g/mol. The van der Waals surface area contributed by atoms with Crippen LogP contribution in [0.4, 0.5) is 17.1 Å². The van der Waals surface area contributed by atoms with Crippen molar-refractivity contribution in [3.8, 4) is 11.5 Å². The van der Waals surface area contributed by atoms with Gasteiger partial charge < -0.3 is 24.7 Å². The molecule has 2 aliphatic rings. The maximum Gasteiger partial charge on any atom is 0.266 e. The summed E-state index contributed by atoms with van der Waals surface area (Å²) in [7, 11) is 0. The van der Waals surface area contributed by atoms with Gasteiger partial charge >= 0.3 is 0 Å². The van der Waals surface area contributed by atoms with Crippen LogP contribution in [0.25, 0.3) is 0 Å². The minimum absolute atomic E-state index is 0.0462. The molecule has 3 amide bonds. The molecule has 0 spiro atoms. The second kappa shape index (κ2) is 15.2. The fraction of sp³-hybridized carbons (Fsp3) is 0.186. The van der Waals surface area contributed by atoms with Gasteiger partial charge in [0.25, 0.3) is 11.8 Å². The van der Waals surface area contributed by atoms with Gasteiger partial charge in [0.1, 0.15) is 5.75 Å². The Morgan fingerprint density at radius 1 is 0.868 bits per heavy atom. The van der Waals surface area contributed by atoms with Crippen molar-refractivity contribution in [2.75, 3.05) is 23.0 Å². The highest BCUT2D eigenvalue weighted by molar-refractivity contribution is 9.10. The summed E-state index contributed by atoms with van der Waals surface area (Å²) in [6.07, 6.45) is 3.43. The number of benzene rings is 5. The van der Waals surface area contributed by atoms with Crippen molar-refractivity contribution < 1.29 is 29.3 Å². The number of aliphatic hydroxyl groups is 2. The summed E-state index contributed by atoms with van der Waals surface area (Å²) in [5.74, 6) is -0.513. The van der Waals surface area contributed by atoms with E-state index in [0.29, 0.717) is 50.7 Å². The fourth-order valence-electron chi connectivity index (χ4n) is 6.93. The van der Waals surface area contributed by atoms with E-state index in [0.717, 1.165) is 11.1 Å². The highest BCUT2D eigenvalue weighted by atomic mass is 79.9. The highest BCUT2D eigenvalue weighted by Gasteiger charge is 2.52. The molecule has 0 radical (unpaired) electrons. The van der Waals surface area contributed by atoms with E-state index in [1.165, 1.54) is 0 Å². The molecule has 0 fully saturated rings. The molecule has 5 aromatic rings. The van der Waals surface area contributed by atoms with Crippen LogP contribution in [-0.2, 0) is 28.3 Å². The van der Waals surface area contributed by atoms with Gasteiger partial charge in [-0.3, -0.25) is 19.3 Å². The number of amides is 3. The maximum absolute atomic E-state index is 14.2. The number of hydrogen-bond donors (Lipinski definition) is 2. The normalized spacial score (nSPS) is 16.8. The van der Waals surface area contributed by atoms with Gasteiger partial charge in [0.05, 0.1) is 30.1 Å². The third kappa shape index (κ3) is 7.01. The van der Waals surface area contributed by atoms with E-state index in [1.807, 2.05) is 97.1 Å². The lowest BCUT2D eigenvalue weighted by molar-refractivity contribution is -0.139. The molecule has 0 aliphatic carbocycles. The second-order valence-corrected chi connectivity index (χ2v) is 14.1. The van der Waals surface area contributed by atoms with Gasteiger partial charge in [0.15, 0.2) is 11.4 Å². The molecule has 5 aromatic carbocycles. The zero-order valence-electron chi connectivity index (χ0n) is 29.1. The van der Waals surface area contributed by atoms with Crippen LogP contribution in [0, 0.1) is 5.92 Å². The van der Waals surface area contributed by atoms with Crippen LogP contribution in [0.5, 0.6) is 11.5 Å². The predicted molar refractivity (Wildman–Crippen MR) is 207 cm³/mol. The first-order chi connectivity index (χ1) is 25.7. The Kier molecular flexibility index (Phi) is 10.3. The molecule has 2 heterocycles. The molecule has 0 bridgehead atoms. The van der Waals surface area contributed by atoms with E-state index < -0.39 is 17.4 Å². The zero-order valence-corrected chi connectivity index (χ0v) is 30.6. The van der Waals surface area contributed by atoms with E-state index in [-0.39, 0.29) is 37.9 Å². The summed E-state index contributed by atoms with van der Waals surface area (Å²) < 4.78 is 6.86. The van der Waals surface area contributed by atoms with E-state index >= 15 is 0 Å². The molecule has 9 nitrogen and oxygen atoms in total. The molecule has 10 heteroatoms. The lowest BCUT2D eigenvalue weighted by atomic mass is 9.83. The van der Waals surface area contributed by atoms with Crippen molar-refractivity contribution in [2.24, 2.45) is 5.92 Å². The SMILES string of the molecule is C[C@@H](/C=C/CC(=O)N(CCO)Cc1ccccc1)[C@]1(O)C(=O)N(Cc2ccc(N3C(=O)c4ccccc4Oc4ccccc43)cc2)c2ccc(Br)cc21. The minimum Gasteiger partial charge on any atom is -0.454 e. The highest BCUT2D eigenvalue weighted by Crippen LogP contribution is 2.47. The Morgan fingerprint density at radius 3 is 2.32 bits per heavy atom. The van der Waals surface area contributed by atoms with Gasteiger partial charge in [-0.2, -0.15) is 0 Å². The number of nitrogens with zero attached hydrogens (tertiary/aromatic N) is 3. The number of aliphatic hydroxyl groups excluding tert-OH is 1. The summed E-state index contributed by atoms with van der Waals surface area (Å²) in [4.78, 5) is 46.1.